The summed E-state index contributed by atoms with van der Waals surface area (Å²) in [5.74, 6) is 3.77. The van der Waals surface area contributed by atoms with Crippen LogP contribution in [0.3, 0.4) is 0 Å². The van der Waals surface area contributed by atoms with E-state index in [-0.39, 0.29) is 0 Å². The summed E-state index contributed by atoms with van der Waals surface area (Å²) in [5, 5.41) is 10.2. The van der Waals surface area contributed by atoms with E-state index in [0.29, 0.717) is 5.75 Å². The van der Waals surface area contributed by atoms with Gasteiger partial charge in [0.2, 0.25) is 0 Å². The van der Waals surface area contributed by atoms with Gasteiger partial charge in [0, 0.05) is 5.56 Å². The van der Waals surface area contributed by atoms with Gasteiger partial charge in [0.15, 0.2) is 0 Å². The fourth-order valence-corrected chi connectivity index (χ4v) is 4.19. The summed E-state index contributed by atoms with van der Waals surface area (Å²) in [6.45, 7) is 13.7. The van der Waals surface area contributed by atoms with Crippen molar-refractivity contribution in [1.29, 1.82) is 0 Å². The van der Waals surface area contributed by atoms with Gasteiger partial charge in [-0.2, -0.15) is 0 Å². The number of methoxy groups -OCH3 is 1. The standard InChI is InChI=1S/C28H48O2/c1-21(2)11-8-12-22(3)13-9-14-23(4)15-10-16-24(5)17-18-26-20-28(30-7)25(6)19-27(26)29/h17,19-23,29H,8-16,18H2,1-7H3/t22-,23-/m1/s1. The van der Waals surface area contributed by atoms with Crippen molar-refractivity contribution in [3.63, 3.8) is 0 Å². The zero-order valence-corrected chi connectivity index (χ0v) is 20.9. The van der Waals surface area contributed by atoms with E-state index in [1.54, 1.807) is 13.2 Å². The molecule has 0 aliphatic rings. The molecule has 0 amide bonds. The third-order valence-electron chi connectivity index (χ3n) is 6.41. The highest BCUT2D eigenvalue weighted by Gasteiger charge is 2.08. The molecule has 2 nitrogen and oxygen atoms in total. The normalized spacial score (nSPS) is 14.2. The quantitative estimate of drug-likeness (QED) is 0.290. The first-order valence-electron chi connectivity index (χ1n) is 12.2. The van der Waals surface area contributed by atoms with Crippen LogP contribution in [0.15, 0.2) is 23.8 Å². The summed E-state index contributed by atoms with van der Waals surface area (Å²) in [5.41, 5.74) is 3.32. The lowest BCUT2D eigenvalue weighted by Crippen LogP contribution is -2.00. The van der Waals surface area contributed by atoms with Crippen molar-refractivity contribution in [2.24, 2.45) is 17.8 Å². The fourth-order valence-electron chi connectivity index (χ4n) is 4.19. The zero-order chi connectivity index (χ0) is 22.5. The third kappa shape index (κ3) is 11.1. The Balaban J connectivity index is 2.25. The van der Waals surface area contributed by atoms with Crippen LogP contribution >= 0.6 is 0 Å². The molecule has 172 valence electrons. The molecule has 2 heteroatoms. The van der Waals surface area contributed by atoms with Gasteiger partial charge in [0.25, 0.3) is 0 Å². The van der Waals surface area contributed by atoms with E-state index in [2.05, 4.69) is 40.7 Å². The summed E-state index contributed by atoms with van der Waals surface area (Å²) in [7, 11) is 1.68. The number of aromatic hydroxyl groups is 1. The van der Waals surface area contributed by atoms with E-state index in [9.17, 15) is 5.11 Å². The van der Waals surface area contributed by atoms with Crippen LogP contribution < -0.4 is 4.74 Å². The van der Waals surface area contributed by atoms with E-state index in [0.717, 1.165) is 47.5 Å². The van der Waals surface area contributed by atoms with Crippen LogP contribution in [-0.2, 0) is 6.42 Å². The molecule has 1 N–H and O–H groups in total. The van der Waals surface area contributed by atoms with E-state index in [1.165, 1.54) is 56.9 Å². The van der Waals surface area contributed by atoms with Crippen LogP contribution in [0.2, 0.25) is 0 Å². The lowest BCUT2D eigenvalue weighted by molar-refractivity contribution is 0.389. The second-order valence-electron chi connectivity index (χ2n) is 10.1. The summed E-state index contributed by atoms with van der Waals surface area (Å²) >= 11 is 0. The summed E-state index contributed by atoms with van der Waals surface area (Å²) < 4.78 is 5.38. The van der Waals surface area contributed by atoms with Crippen LogP contribution in [0.4, 0.5) is 0 Å². The van der Waals surface area contributed by atoms with Gasteiger partial charge in [-0.1, -0.05) is 84.3 Å². The van der Waals surface area contributed by atoms with Gasteiger partial charge in [-0.3, -0.25) is 0 Å². The molecular formula is C28H48O2. The maximum Gasteiger partial charge on any atom is 0.122 e. The Bertz CT molecular complexity index is 630. The molecule has 0 spiro atoms. The van der Waals surface area contributed by atoms with Gasteiger partial charge in [0.1, 0.15) is 11.5 Å². The number of ether oxygens (including phenoxy) is 1. The Hall–Kier alpha value is -1.44. The topological polar surface area (TPSA) is 29.5 Å². The third-order valence-corrected chi connectivity index (χ3v) is 6.41. The molecule has 1 aromatic rings. The number of rotatable bonds is 15. The molecular weight excluding hydrogens is 368 g/mol. The van der Waals surface area contributed by atoms with Gasteiger partial charge in [0.05, 0.1) is 7.11 Å². The second kappa shape index (κ2) is 14.5. The van der Waals surface area contributed by atoms with Crippen LogP contribution in [-0.4, -0.2) is 12.2 Å². The lowest BCUT2D eigenvalue weighted by atomic mass is 9.91. The predicted molar refractivity (Wildman–Crippen MR) is 132 cm³/mol. The van der Waals surface area contributed by atoms with Crippen molar-refractivity contribution >= 4 is 0 Å². The summed E-state index contributed by atoms with van der Waals surface area (Å²) in [4.78, 5) is 0. The van der Waals surface area contributed by atoms with Gasteiger partial charge < -0.3 is 9.84 Å². The molecule has 1 rings (SSSR count). The van der Waals surface area contributed by atoms with Gasteiger partial charge in [-0.25, -0.2) is 0 Å². The van der Waals surface area contributed by atoms with Gasteiger partial charge in [-0.05, 0) is 68.6 Å². The molecule has 0 saturated heterocycles. The predicted octanol–water partition coefficient (Wildman–Crippen LogP) is 8.64. The van der Waals surface area contributed by atoms with Crippen LogP contribution in [0.5, 0.6) is 11.5 Å². The number of benzene rings is 1. The number of phenols is 1. The molecule has 0 radical (unpaired) electrons. The van der Waals surface area contributed by atoms with E-state index < -0.39 is 0 Å². The van der Waals surface area contributed by atoms with Gasteiger partial charge >= 0.3 is 0 Å². The molecule has 0 bridgehead atoms. The largest absolute Gasteiger partial charge is 0.508 e. The van der Waals surface area contributed by atoms with Crippen molar-refractivity contribution < 1.29 is 9.84 Å². The molecule has 0 heterocycles. The molecule has 1 aromatic carbocycles. The van der Waals surface area contributed by atoms with Crippen LogP contribution in [0, 0.1) is 24.7 Å². The Kier molecular flexibility index (Phi) is 12.9. The summed E-state index contributed by atoms with van der Waals surface area (Å²) in [6, 6.07) is 3.75. The first kappa shape index (κ1) is 26.6. The smallest absolute Gasteiger partial charge is 0.122 e. The highest BCUT2D eigenvalue weighted by atomic mass is 16.5. The highest BCUT2D eigenvalue weighted by molar-refractivity contribution is 5.46. The Morgan fingerprint density at radius 2 is 1.50 bits per heavy atom. The van der Waals surface area contributed by atoms with Crippen molar-refractivity contribution in [2.75, 3.05) is 7.11 Å². The second-order valence-corrected chi connectivity index (χ2v) is 10.1. The molecule has 0 aromatic heterocycles. The van der Waals surface area contributed by atoms with E-state index >= 15 is 0 Å². The molecule has 0 saturated carbocycles. The molecule has 2 atom stereocenters. The van der Waals surface area contributed by atoms with E-state index in [4.69, 9.17) is 4.74 Å². The van der Waals surface area contributed by atoms with Crippen LogP contribution in [0.1, 0.15) is 104 Å². The maximum atomic E-state index is 10.2. The Morgan fingerprint density at radius 1 is 0.933 bits per heavy atom. The summed E-state index contributed by atoms with van der Waals surface area (Å²) in [6.07, 6.45) is 15.1. The monoisotopic (exact) mass is 416 g/mol. The SMILES string of the molecule is COc1cc(CC=C(C)CCC[C@H](C)CCC[C@H](C)CCCC(C)C)c(O)cc1C. The van der Waals surface area contributed by atoms with Crippen LogP contribution in [0.25, 0.3) is 0 Å². The average molecular weight is 417 g/mol. The number of hydrogen-bond acceptors (Lipinski definition) is 2. The number of aryl methyl sites for hydroxylation is 1. The van der Waals surface area contributed by atoms with Gasteiger partial charge in [-0.15, -0.1) is 0 Å². The lowest BCUT2D eigenvalue weighted by Gasteiger charge is -2.15. The molecule has 0 aliphatic heterocycles. The van der Waals surface area contributed by atoms with Crippen molar-refractivity contribution in [1.82, 2.24) is 0 Å². The maximum absolute atomic E-state index is 10.2. The Labute approximate surface area is 187 Å². The molecule has 0 aliphatic carbocycles. The first-order chi connectivity index (χ1) is 14.2. The van der Waals surface area contributed by atoms with E-state index in [1.807, 2.05) is 13.0 Å². The molecule has 0 unspecified atom stereocenters. The average Bonchev–Trinajstić information content (AvgIpc) is 2.67. The number of allylic oxidation sites excluding steroid dienone is 2. The van der Waals surface area contributed by atoms with Crippen molar-refractivity contribution in [3.8, 4) is 11.5 Å². The highest BCUT2D eigenvalue weighted by Crippen LogP contribution is 2.28. The zero-order valence-electron chi connectivity index (χ0n) is 20.9. The molecule has 0 fully saturated rings. The fraction of sp³-hybridized carbons (Fsp3) is 0.714. The minimum atomic E-state index is 0.365. The Morgan fingerprint density at radius 3 is 2.07 bits per heavy atom. The minimum absolute atomic E-state index is 0.365. The van der Waals surface area contributed by atoms with Crippen molar-refractivity contribution in [3.05, 3.63) is 34.9 Å². The number of hydrogen-bond donors (Lipinski definition) is 1. The number of phenolic OH excluding ortho intramolecular Hbond substituents is 1. The van der Waals surface area contributed by atoms with Crippen molar-refractivity contribution in [2.45, 2.75) is 106 Å². The molecule has 30 heavy (non-hydrogen) atoms. The first-order valence-corrected chi connectivity index (χ1v) is 12.2. The minimum Gasteiger partial charge on any atom is -0.508 e.